The van der Waals surface area contributed by atoms with E-state index in [2.05, 4.69) is 25.3 Å². The molecule has 3 heterocycles. The summed E-state index contributed by atoms with van der Waals surface area (Å²) < 4.78 is 29.2. The Morgan fingerprint density at radius 2 is 1.90 bits per heavy atom. The van der Waals surface area contributed by atoms with Crippen LogP contribution in [0.15, 0.2) is 18.5 Å². The third-order valence-electron chi connectivity index (χ3n) is 5.54. The molecule has 1 fully saturated rings. The summed E-state index contributed by atoms with van der Waals surface area (Å²) in [6.45, 7) is 0. The van der Waals surface area contributed by atoms with Crippen molar-refractivity contribution in [2.75, 3.05) is 11.1 Å². The molecule has 0 aliphatic heterocycles. The summed E-state index contributed by atoms with van der Waals surface area (Å²) in [5.74, 6) is -2.00. The Bertz CT molecular complexity index is 1280. The monoisotopic (exact) mass is 463 g/mol. The number of nitrogen functional groups attached to an aromatic ring is 1. The van der Waals surface area contributed by atoms with Gasteiger partial charge >= 0.3 is 0 Å². The van der Waals surface area contributed by atoms with Crippen LogP contribution in [0.3, 0.4) is 0 Å². The van der Waals surface area contributed by atoms with Crippen molar-refractivity contribution in [1.29, 1.82) is 0 Å². The molecule has 31 heavy (non-hydrogen) atoms. The van der Waals surface area contributed by atoms with Gasteiger partial charge in [0.2, 0.25) is 11.2 Å². The Morgan fingerprint density at radius 3 is 2.68 bits per heavy atom. The molecule has 5 rings (SSSR count). The molecule has 0 radical (unpaired) electrons. The average molecular weight is 464 g/mol. The van der Waals surface area contributed by atoms with Crippen molar-refractivity contribution in [3.8, 4) is 0 Å². The fraction of sp³-hybridized carbons (Fsp3) is 0.316. The summed E-state index contributed by atoms with van der Waals surface area (Å²) in [6.07, 6.45) is 4.51. The molecule has 0 spiro atoms. The van der Waals surface area contributed by atoms with Gasteiger partial charge in [-0.2, -0.15) is 9.97 Å². The highest BCUT2D eigenvalue weighted by Crippen LogP contribution is 2.35. The number of imidazole rings is 1. The number of carbonyl (C=O) groups excluding carboxylic acids is 1. The Labute approximate surface area is 183 Å². The third-order valence-corrected chi connectivity index (χ3v) is 6.65. The lowest BCUT2D eigenvalue weighted by molar-refractivity contribution is -0.120. The van der Waals surface area contributed by atoms with Gasteiger partial charge < -0.3 is 15.6 Å². The van der Waals surface area contributed by atoms with Crippen molar-refractivity contribution in [1.82, 2.24) is 24.5 Å². The zero-order chi connectivity index (χ0) is 21.7. The first-order chi connectivity index (χ1) is 14.9. The molecule has 0 unspecified atom stereocenters. The van der Waals surface area contributed by atoms with Gasteiger partial charge in [0.25, 0.3) is 0 Å². The molecule has 1 aliphatic carbocycles. The Balaban J connectivity index is 1.27. The van der Waals surface area contributed by atoms with Gasteiger partial charge in [-0.05, 0) is 43.4 Å². The molecule has 0 atom stereocenters. The van der Waals surface area contributed by atoms with Crippen LogP contribution in [0.2, 0.25) is 5.28 Å². The third kappa shape index (κ3) is 3.68. The summed E-state index contributed by atoms with van der Waals surface area (Å²) in [4.78, 5) is 29.4. The molecule has 1 aliphatic rings. The lowest BCUT2D eigenvalue weighted by atomic mass is 9.85. The van der Waals surface area contributed by atoms with E-state index in [1.54, 1.807) is 6.33 Å². The normalized spacial score (nSPS) is 19.2. The molecule has 12 heteroatoms. The molecule has 1 aromatic carbocycles. The molecule has 1 saturated carbocycles. The van der Waals surface area contributed by atoms with E-state index in [0.717, 1.165) is 36.3 Å². The average Bonchev–Trinajstić information content (AvgIpc) is 3.32. The van der Waals surface area contributed by atoms with Crippen molar-refractivity contribution in [3.63, 3.8) is 0 Å². The number of aromatic nitrogens is 5. The van der Waals surface area contributed by atoms with Crippen molar-refractivity contribution in [3.05, 3.63) is 35.4 Å². The largest absolute Gasteiger partial charge is 0.382 e. The Hall–Kier alpha value is -2.92. The molecule has 0 saturated heterocycles. The lowest BCUT2D eigenvalue weighted by Gasteiger charge is -2.28. The minimum Gasteiger partial charge on any atom is -0.382 e. The quantitative estimate of drug-likeness (QED) is 0.437. The number of hydrogen-bond donors (Lipinski definition) is 2. The van der Waals surface area contributed by atoms with Gasteiger partial charge in [-0.15, -0.1) is 0 Å². The number of anilines is 2. The van der Waals surface area contributed by atoms with Gasteiger partial charge in [0.15, 0.2) is 28.2 Å². The van der Waals surface area contributed by atoms with E-state index < -0.39 is 11.6 Å². The molecule has 3 N–H and O–H groups in total. The summed E-state index contributed by atoms with van der Waals surface area (Å²) in [7, 11) is 0. The predicted molar refractivity (Wildman–Crippen MR) is 114 cm³/mol. The first kappa shape index (κ1) is 20.0. The number of carbonyl (C=O) groups is 1. The van der Waals surface area contributed by atoms with Crippen molar-refractivity contribution >= 4 is 61.2 Å². The van der Waals surface area contributed by atoms with Crippen molar-refractivity contribution in [2.24, 2.45) is 5.92 Å². The highest BCUT2D eigenvalue weighted by Gasteiger charge is 2.29. The van der Waals surface area contributed by atoms with Crippen LogP contribution in [-0.4, -0.2) is 30.4 Å². The molecule has 0 bridgehead atoms. The van der Waals surface area contributed by atoms with E-state index in [1.165, 1.54) is 0 Å². The maximum atomic E-state index is 13.4. The summed E-state index contributed by atoms with van der Waals surface area (Å²) in [6, 6.07) is 2.23. The molecule has 3 aromatic heterocycles. The van der Waals surface area contributed by atoms with E-state index in [4.69, 9.17) is 17.3 Å². The number of thiazole rings is 1. The van der Waals surface area contributed by atoms with Gasteiger partial charge in [0, 0.05) is 18.0 Å². The lowest BCUT2D eigenvalue weighted by Crippen LogP contribution is -2.28. The number of fused-ring (bicyclic) bond motifs is 2. The SMILES string of the molecule is Nc1nc(Cl)nc2c1ncn2[C@H]1CC[C@@H](C(=O)Nc2nc3cc(F)c(F)cc3s2)CC1. The number of nitrogens with zero attached hydrogens (tertiary/aromatic N) is 5. The maximum absolute atomic E-state index is 13.4. The molecule has 1 amide bonds. The highest BCUT2D eigenvalue weighted by atomic mass is 35.5. The second-order valence-corrected chi connectivity index (χ2v) is 8.82. The van der Waals surface area contributed by atoms with Gasteiger partial charge in [-0.1, -0.05) is 11.3 Å². The van der Waals surface area contributed by atoms with Crippen molar-refractivity contribution in [2.45, 2.75) is 31.7 Å². The number of hydrogen-bond acceptors (Lipinski definition) is 7. The zero-order valence-electron chi connectivity index (χ0n) is 16.0. The van der Waals surface area contributed by atoms with Crippen LogP contribution in [0.5, 0.6) is 0 Å². The summed E-state index contributed by atoms with van der Waals surface area (Å²) in [5.41, 5.74) is 7.27. The number of benzene rings is 1. The topological polar surface area (TPSA) is 112 Å². The van der Waals surface area contributed by atoms with E-state index in [1.807, 2.05) is 4.57 Å². The minimum atomic E-state index is -0.964. The van der Waals surface area contributed by atoms with Crippen LogP contribution >= 0.6 is 22.9 Å². The van der Waals surface area contributed by atoms with Crippen LogP contribution in [0.25, 0.3) is 21.4 Å². The number of halogens is 3. The molecular weight excluding hydrogens is 448 g/mol. The molecule has 8 nitrogen and oxygen atoms in total. The Kier molecular flexibility index (Phi) is 4.94. The first-order valence-electron chi connectivity index (χ1n) is 9.61. The van der Waals surface area contributed by atoms with Crippen LogP contribution < -0.4 is 11.1 Å². The van der Waals surface area contributed by atoms with E-state index in [-0.39, 0.29) is 29.0 Å². The van der Waals surface area contributed by atoms with Crippen LogP contribution in [0, 0.1) is 17.6 Å². The number of rotatable bonds is 3. The minimum absolute atomic E-state index is 0.0652. The van der Waals surface area contributed by atoms with Crippen LogP contribution in [-0.2, 0) is 4.79 Å². The first-order valence-corrected chi connectivity index (χ1v) is 10.8. The fourth-order valence-corrected chi connectivity index (χ4v) is 5.03. The predicted octanol–water partition coefficient (Wildman–Crippen LogP) is 4.32. The highest BCUT2D eigenvalue weighted by molar-refractivity contribution is 7.22. The Morgan fingerprint density at radius 1 is 1.16 bits per heavy atom. The second-order valence-electron chi connectivity index (χ2n) is 7.45. The summed E-state index contributed by atoms with van der Waals surface area (Å²) >= 11 is 7.05. The van der Waals surface area contributed by atoms with Crippen LogP contribution in [0.1, 0.15) is 31.7 Å². The van der Waals surface area contributed by atoms with Crippen LogP contribution in [0.4, 0.5) is 19.7 Å². The second kappa shape index (κ2) is 7.65. The van der Waals surface area contributed by atoms with Crippen molar-refractivity contribution < 1.29 is 13.6 Å². The van der Waals surface area contributed by atoms with Gasteiger partial charge in [-0.25, -0.2) is 18.7 Å². The van der Waals surface area contributed by atoms with Gasteiger partial charge in [0.1, 0.15) is 5.52 Å². The number of amides is 1. The fourth-order valence-electron chi connectivity index (χ4n) is 3.98. The van der Waals surface area contributed by atoms with E-state index in [0.29, 0.717) is 39.4 Å². The van der Waals surface area contributed by atoms with Gasteiger partial charge in [0.05, 0.1) is 16.5 Å². The summed E-state index contributed by atoms with van der Waals surface area (Å²) in [5, 5.41) is 3.18. The molecule has 160 valence electrons. The number of nitrogens with one attached hydrogen (secondary N) is 1. The van der Waals surface area contributed by atoms with E-state index in [9.17, 15) is 13.6 Å². The van der Waals surface area contributed by atoms with Gasteiger partial charge in [-0.3, -0.25) is 4.79 Å². The standard InChI is InChI=1S/C19H16ClF2N7OS/c20-18-26-15(23)14-16(27-18)29(7-24-14)9-3-1-8(2-4-9)17(30)28-19-25-12-5-10(21)11(22)6-13(12)31-19/h5-9H,1-4H2,(H2,23,26,27)(H,25,28,30)/t8-,9+. The molecule has 4 aromatic rings. The maximum Gasteiger partial charge on any atom is 0.229 e. The number of nitrogens with two attached hydrogens (primary N) is 1. The smallest absolute Gasteiger partial charge is 0.229 e. The van der Waals surface area contributed by atoms with E-state index >= 15 is 0 Å². The zero-order valence-corrected chi connectivity index (χ0v) is 17.6. The molecular formula is C19H16ClF2N7OS.